The molecule has 0 aliphatic rings. The van der Waals surface area contributed by atoms with Crippen LogP contribution >= 0.6 is 0 Å². The van der Waals surface area contributed by atoms with Gasteiger partial charge in [-0.05, 0) is 36.6 Å². The number of para-hydroxylation sites is 2. The van der Waals surface area contributed by atoms with Gasteiger partial charge >= 0.3 is 0 Å². The smallest absolute Gasteiger partial charge is 0.132 e. The van der Waals surface area contributed by atoms with Crippen molar-refractivity contribution in [1.29, 1.82) is 0 Å². The molecule has 0 unspecified atom stereocenters. The molecule has 126 valence electrons. The van der Waals surface area contributed by atoms with Gasteiger partial charge in [0.15, 0.2) is 0 Å². The van der Waals surface area contributed by atoms with E-state index in [-0.39, 0.29) is 16.5 Å². The Morgan fingerprint density at radius 1 is 0.917 bits per heavy atom. The molecular weight excluding hydrogens is 339 g/mol. The van der Waals surface area contributed by atoms with E-state index in [0.717, 1.165) is 24.2 Å². The number of aliphatic imine (C=N–C) groups is 2. The van der Waals surface area contributed by atoms with Crippen molar-refractivity contribution >= 4 is 23.3 Å². The van der Waals surface area contributed by atoms with Crippen molar-refractivity contribution in [2.75, 3.05) is 0 Å². The number of rotatable bonds is 6. The van der Waals surface area contributed by atoms with Crippen LogP contribution in [-0.4, -0.2) is 11.9 Å². The van der Waals surface area contributed by atoms with E-state index in [9.17, 15) is 0 Å². The summed E-state index contributed by atoms with van der Waals surface area (Å²) in [7, 11) is 0. The van der Waals surface area contributed by atoms with Gasteiger partial charge in [-0.2, -0.15) is 0 Å². The number of benzene rings is 2. The fraction of sp³-hybridized carbons (Fsp3) is 0.238. The SMILES string of the molecule is CCCCCC#CC(C=Nc1ccccc1)=Nc1ccccc1.[Ni]. The van der Waals surface area contributed by atoms with Gasteiger partial charge in [0, 0.05) is 22.9 Å². The number of hydrogen-bond donors (Lipinski definition) is 0. The fourth-order valence-corrected chi connectivity index (χ4v) is 2.00. The minimum atomic E-state index is 0. The van der Waals surface area contributed by atoms with Gasteiger partial charge in [0.05, 0.1) is 17.6 Å². The van der Waals surface area contributed by atoms with Gasteiger partial charge in [0.1, 0.15) is 5.71 Å². The van der Waals surface area contributed by atoms with Crippen LogP contribution in [0.1, 0.15) is 32.6 Å². The summed E-state index contributed by atoms with van der Waals surface area (Å²) in [5, 5.41) is 0. The molecule has 2 aromatic carbocycles. The first-order valence-electron chi connectivity index (χ1n) is 8.10. The van der Waals surface area contributed by atoms with E-state index in [1.165, 1.54) is 12.8 Å². The summed E-state index contributed by atoms with van der Waals surface area (Å²) in [5.41, 5.74) is 2.49. The second-order valence-electron chi connectivity index (χ2n) is 5.19. The molecule has 0 N–H and O–H groups in total. The maximum Gasteiger partial charge on any atom is 0.132 e. The summed E-state index contributed by atoms with van der Waals surface area (Å²) >= 11 is 0. The van der Waals surface area contributed by atoms with Gasteiger partial charge in [0.2, 0.25) is 0 Å². The monoisotopic (exact) mass is 360 g/mol. The molecule has 0 aromatic heterocycles. The van der Waals surface area contributed by atoms with Crippen molar-refractivity contribution in [3.63, 3.8) is 0 Å². The van der Waals surface area contributed by atoms with Crippen LogP contribution in [0, 0.1) is 11.8 Å². The summed E-state index contributed by atoms with van der Waals surface area (Å²) in [4.78, 5) is 9.04. The Morgan fingerprint density at radius 3 is 2.17 bits per heavy atom. The molecular formula is C21H22N2Ni. The Balaban J connectivity index is 0.00000288. The van der Waals surface area contributed by atoms with Gasteiger partial charge in [0.25, 0.3) is 0 Å². The quantitative estimate of drug-likeness (QED) is 0.271. The molecule has 0 aliphatic carbocycles. The van der Waals surface area contributed by atoms with E-state index in [4.69, 9.17) is 0 Å². The van der Waals surface area contributed by atoms with Gasteiger partial charge in [-0.15, -0.1) is 0 Å². The van der Waals surface area contributed by atoms with E-state index >= 15 is 0 Å². The molecule has 0 atom stereocenters. The number of unbranched alkanes of at least 4 members (excludes halogenated alkanes) is 3. The van der Waals surface area contributed by atoms with Crippen LogP contribution in [0.3, 0.4) is 0 Å². The standard InChI is InChI=1S/C21H22N2.Ni/c1-2-3-4-5-8-17-21(23-20-15-11-7-12-16-20)18-22-19-13-9-6-10-14-19;/h6-7,9-16,18H,2-5H2,1H3;. The Kier molecular flexibility index (Phi) is 10.2. The van der Waals surface area contributed by atoms with Crippen molar-refractivity contribution in [3.8, 4) is 11.8 Å². The summed E-state index contributed by atoms with van der Waals surface area (Å²) in [6.45, 7) is 2.20. The predicted molar refractivity (Wildman–Crippen MR) is 100 cm³/mol. The zero-order chi connectivity index (χ0) is 16.2. The van der Waals surface area contributed by atoms with Crippen molar-refractivity contribution in [2.24, 2.45) is 9.98 Å². The van der Waals surface area contributed by atoms with Crippen molar-refractivity contribution in [1.82, 2.24) is 0 Å². The summed E-state index contributed by atoms with van der Waals surface area (Å²) in [6, 6.07) is 19.7. The molecule has 3 heteroatoms. The molecule has 2 aromatic rings. The first-order valence-corrected chi connectivity index (χ1v) is 8.10. The third kappa shape index (κ3) is 7.90. The molecule has 0 spiro atoms. The fourth-order valence-electron chi connectivity index (χ4n) is 2.00. The number of hydrogen-bond acceptors (Lipinski definition) is 2. The normalized spacial score (nSPS) is 10.8. The van der Waals surface area contributed by atoms with Crippen LogP contribution in [-0.2, 0) is 16.5 Å². The molecule has 0 bridgehead atoms. The minimum absolute atomic E-state index is 0. The average molecular weight is 361 g/mol. The second-order valence-corrected chi connectivity index (χ2v) is 5.19. The van der Waals surface area contributed by atoms with Crippen LogP contribution < -0.4 is 0 Å². The summed E-state index contributed by atoms with van der Waals surface area (Å²) < 4.78 is 0. The first-order chi connectivity index (χ1) is 11.4. The van der Waals surface area contributed by atoms with Crippen molar-refractivity contribution in [2.45, 2.75) is 32.6 Å². The zero-order valence-corrected chi connectivity index (χ0v) is 14.9. The number of nitrogens with zero attached hydrogens (tertiary/aromatic N) is 2. The average Bonchev–Trinajstić information content (AvgIpc) is 2.61. The third-order valence-electron chi connectivity index (χ3n) is 3.22. The van der Waals surface area contributed by atoms with Crippen LogP contribution in [0.2, 0.25) is 0 Å². The van der Waals surface area contributed by atoms with E-state index in [1.54, 1.807) is 6.21 Å². The minimum Gasteiger partial charge on any atom is -0.254 e. The molecule has 0 amide bonds. The Hall–Kier alpha value is -2.17. The summed E-state index contributed by atoms with van der Waals surface area (Å²) in [6.07, 6.45) is 6.22. The predicted octanol–water partition coefficient (Wildman–Crippen LogP) is 5.74. The molecule has 24 heavy (non-hydrogen) atoms. The third-order valence-corrected chi connectivity index (χ3v) is 3.22. The summed E-state index contributed by atoms with van der Waals surface area (Å²) in [5.74, 6) is 6.35. The second kappa shape index (κ2) is 12.3. The first kappa shape index (κ1) is 19.9. The molecule has 0 heterocycles. The Bertz CT molecular complexity index is 695. The van der Waals surface area contributed by atoms with Crippen LogP contribution in [0.15, 0.2) is 70.6 Å². The van der Waals surface area contributed by atoms with Gasteiger partial charge < -0.3 is 0 Å². The van der Waals surface area contributed by atoms with Crippen LogP contribution in [0.25, 0.3) is 0 Å². The molecule has 2 rings (SSSR count). The van der Waals surface area contributed by atoms with Crippen molar-refractivity contribution < 1.29 is 16.5 Å². The van der Waals surface area contributed by atoms with Gasteiger partial charge in [-0.1, -0.05) is 62.1 Å². The molecule has 0 aliphatic heterocycles. The Labute approximate surface area is 155 Å². The van der Waals surface area contributed by atoms with Crippen LogP contribution in [0.4, 0.5) is 11.4 Å². The zero-order valence-electron chi connectivity index (χ0n) is 13.9. The van der Waals surface area contributed by atoms with Crippen LogP contribution in [0.5, 0.6) is 0 Å². The molecule has 0 radical (unpaired) electrons. The molecule has 2 nitrogen and oxygen atoms in total. The van der Waals surface area contributed by atoms with E-state index in [1.807, 2.05) is 60.7 Å². The molecule has 0 fully saturated rings. The van der Waals surface area contributed by atoms with E-state index in [0.29, 0.717) is 5.71 Å². The molecule has 0 saturated heterocycles. The van der Waals surface area contributed by atoms with E-state index < -0.39 is 0 Å². The van der Waals surface area contributed by atoms with Gasteiger partial charge in [-0.25, -0.2) is 4.99 Å². The maximum atomic E-state index is 4.59. The topological polar surface area (TPSA) is 24.7 Å². The maximum absolute atomic E-state index is 4.59. The van der Waals surface area contributed by atoms with Crippen molar-refractivity contribution in [3.05, 3.63) is 60.7 Å². The molecule has 0 saturated carbocycles. The van der Waals surface area contributed by atoms with E-state index in [2.05, 4.69) is 28.7 Å². The Morgan fingerprint density at radius 2 is 1.54 bits per heavy atom. The van der Waals surface area contributed by atoms with Gasteiger partial charge in [-0.3, -0.25) is 4.99 Å². The largest absolute Gasteiger partial charge is 0.254 e.